The summed E-state index contributed by atoms with van der Waals surface area (Å²) in [6, 6.07) is 5.50. The fraction of sp³-hybridized carbons (Fsp3) is 0.533. The second-order valence-electron chi connectivity index (χ2n) is 5.28. The van der Waals surface area contributed by atoms with Crippen LogP contribution in [0.1, 0.15) is 49.4 Å². The molecule has 0 bridgehead atoms. The van der Waals surface area contributed by atoms with E-state index >= 15 is 0 Å². The molecule has 1 atom stereocenters. The Morgan fingerprint density at radius 2 is 2.16 bits per heavy atom. The summed E-state index contributed by atoms with van der Waals surface area (Å²) in [5.74, 6) is 0.0515. The number of rotatable bonds is 3. The second kappa shape index (κ2) is 5.95. The number of nitrogens with zero attached hydrogens (tertiary/aromatic N) is 1. The van der Waals surface area contributed by atoms with Crippen LogP contribution in [0.15, 0.2) is 18.2 Å². The molecule has 4 N–H and O–H groups in total. The van der Waals surface area contributed by atoms with Crippen molar-refractivity contribution in [1.82, 2.24) is 4.90 Å². The minimum absolute atomic E-state index is 0.0515. The third-order valence-corrected chi connectivity index (χ3v) is 3.82. The van der Waals surface area contributed by atoms with E-state index in [2.05, 4.69) is 6.92 Å². The molecule has 0 spiro atoms. The van der Waals surface area contributed by atoms with Crippen LogP contribution < -0.4 is 11.5 Å². The molecule has 4 heteroatoms. The molecule has 1 aromatic carbocycles. The maximum Gasteiger partial charge on any atom is 0.256 e. The number of nitrogens with two attached hydrogens (primary N) is 2. The molecule has 19 heavy (non-hydrogen) atoms. The molecule has 0 aromatic heterocycles. The number of amides is 1. The first-order valence-corrected chi connectivity index (χ1v) is 7.09. The van der Waals surface area contributed by atoms with Gasteiger partial charge in [0.15, 0.2) is 0 Å². The van der Waals surface area contributed by atoms with Gasteiger partial charge in [-0.05, 0) is 43.9 Å². The maximum atomic E-state index is 12.6. The Morgan fingerprint density at radius 1 is 1.37 bits per heavy atom. The lowest BCUT2D eigenvalue weighted by atomic mass is 9.97. The second-order valence-corrected chi connectivity index (χ2v) is 5.28. The van der Waals surface area contributed by atoms with E-state index in [1.54, 1.807) is 18.2 Å². The molecule has 104 valence electrons. The van der Waals surface area contributed by atoms with E-state index in [0.717, 1.165) is 32.2 Å². The lowest BCUT2D eigenvalue weighted by Gasteiger charge is -2.36. The maximum absolute atomic E-state index is 12.6. The highest BCUT2D eigenvalue weighted by Crippen LogP contribution is 2.25. The average Bonchev–Trinajstić information content (AvgIpc) is 2.39. The van der Waals surface area contributed by atoms with Gasteiger partial charge in [-0.2, -0.15) is 0 Å². The van der Waals surface area contributed by atoms with Crippen LogP contribution in [0.4, 0.5) is 11.4 Å². The summed E-state index contributed by atoms with van der Waals surface area (Å²) in [6.45, 7) is 3.00. The minimum Gasteiger partial charge on any atom is -0.399 e. The van der Waals surface area contributed by atoms with Gasteiger partial charge in [0.25, 0.3) is 5.91 Å². The van der Waals surface area contributed by atoms with Crippen molar-refractivity contribution >= 4 is 17.3 Å². The van der Waals surface area contributed by atoms with Gasteiger partial charge in [-0.1, -0.05) is 13.3 Å². The van der Waals surface area contributed by atoms with E-state index in [4.69, 9.17) is 11.5 Å². The Morgan fingerprint density at radius 3 is 2.84 bits per heavy atom. The average molecular weight is 261 g/mol. The van der Waals surface area contributed by atoms with Crippen molar-refractivity contribution in [2.75, 3.05) is 18.0 Å². The van der Waals surface area contributed by atoms with Gasteiger partial charge in [0.2, 0.25) is 0 Å². The Kier molecular flexibility index (Phi) is 4.30. The van der Waals surface area contributed by atoms with Gasteiger partial charge < -0.3 is 16.4 Å². The molecule has 1 amide bonds. The smallest absolute Gasteiger partial charge is 0.256 e. The molecular formula is C15H23N3O. The quantitative estimate of drug-likeness (QED) is 0.822. The summed E-state index contributed by atoms with van der Waals surface area (Å²) >= 11 is 0. The third-order valence-electron chi connectivity index (χ3n) is 3.82. The minimum atomic E-state index is 0.0515. The summed E-state index contributed by atoms with van der Waals surface area (Å²) in [5, 5.41) is 0. The van der Waals surface area contributed by atoms with Crippen LogP contribution in [-0.4, -0.2) is 23.4 Å². The van der Waals surface area contributed by atoms with Crippen molar-refractivity contribution in [2.45, 2.75) is 45.1 Å². The summed E-state index contributed by atoms with van der Waals surface area (Å²) in [6.07, 6.45) is 5.58. The zero-order chi connectivity index (χ0) is 13.8. The highest BCUT2D eigenvalue weighted by atomic mass is 16.2. The van der Waals surface area contributed by atoms with Gasteiger partial charge in [-0.3, -0.25) is 4.79 Å². The molecule has 4 nitrogen and oxygen atoms in total. The van der Waals surface area contributed by atoms with Crippen molar-refractivity contribution in [2.24, 2.45) is 0 Å². The van der Waals surface area contributed by atoms with Gasteiger partial charge in [0, 0.05) is 24.0 Å². The van der Waals surface area contributed by atoms with Gasteiger partial charge in [0.05, 0.1) is 5.56 Å². The van der Waals surface area contributed by atoms with Crippen LogP contribution in [0, 0.1) is 0 Å². The van der Waals surface area contributed by atoms with Crippen molar-refractivity contribution in [3.05, 3.63) is 23.8 Å². The molecule has 0 radical (unpaired) electrons. The molecule has 1 fully saturated rings. The van der Waals surface area contributed by atoms with Crippen LogP contribution >= 0.6 is 0 Å². The normalized spacial score (nSPS) is 19.4. The Bertz CT molecular complexity index is 457. The molecule has 1 heterocycles. The summed E-state index contributed by atoms with van der Waals surface area (Å²) in [4.78, 5) is 14.6. The van der Waals surface area contributed by atoms with E-state index in [9.17, 15) is 4.79 Å². The number of anilines is 2. The molecule has 0 saturated carbocycles. The fourth-order valence-electron chi connectivity index (χ4n) is 2.83. The Balaban J connectivity index is 2.21. The summed E-state index contributed by atoms with van der Waals surface area (Å²) < 4.78 is 0. The van der Waals surface area contributed by atoms with Gasteiger partial charge in [-0.25, -0.2) is 0 Å². The van der Waals surface area contributed by atoms with Gasteiger partial charge in [0.1, 0.15) is 0 Å². The molecule has 0 aliphatic carbocycles. The van der Waals surface area contributed by atoms with Crippen molar-refractivity contribution in [3.63, 3.8) is 0 Å². The zero-order valence-electron chi connectivity index (χ0n) is 11.6. The summed E-state index contributed by atoms with van der Waals surface area (Å²) in [7, 11) is 0. The van der Waals surface area contributed by atoms with Crippen LogP contribution in [-0.2, 0) is 0 Å². The van der Waals surface area contributed by atoms with Crippen LogP contribution in [0.2, 0.25) is 0 Å². The number of piperidine rings is 1. The molecule has 1 aromatic rings. The number of likely N-dealkylation sites (tertiary alicyclic amines) is 1. The standard InChI is InChI=1S/C15H23N3O/c1-2-5-12-6-3-4-9-18(12)15(19)13-8-7-11(16)10-14(13)17/h7-8,10,12H,2-6,9,16-17H2,1H3. The topological polar surface area (TPSA) is 72.3 Å². The van der Waals surface area contributed by atoms with E-state index < -0.39 is 0 Å². The van der Waals surface area contributed by atoms with Gasteiger partial charge >= 0.3 is 0 Å². The van der Waals surface area contributed by atoms with E-state index in [0.29, 0.717) is 23.0 Å². The van der Waals surface area contributed by atoms with Crippen LogP contribution in [0.5, 0.6) is 0 Å². The first kappa shape index (κ1) is 13.7. The Hall–Kier alpha value is -1.71. The summed E-state index contributed by atoms with van der Waals surface area (Å²) in [5.41, 5.74) is 13.3. The SMILES string of the molecule is CCCC1CCCCN1C(=O)c1ccc(N)cc1N. The van der Waals surface area contributed by atoms with Crippen LogP contribution in [0.3, 0.4) is 0 Å². The monoisotopic (exact) mass is 261 g/mol. The molecule has 1 unspecified atom stereocenters. The number of hydrogen-bond acceptors (Lipinski definition) is 3. The highest BCUT2D eigenvalue weighted by Gasteiger charge is 2.27. The van der Waals surface area contributed by atoms with E-state index in [-0.39, 0.29) is 5.91 Å². The van der Waals surface area contributed by atoms with Crippen LogP contribution in [0.25, 0.3) is 0 Å². The molecule has 1 saturated heterocycles. The molecule has 2 rings (SSSR count). The number of carbonyl (C=O) groups excluding carboxylic acids is 1. The molecular weight excluding hydrogens is 238 g/mol. The number of benzene rings is 1. The first-order valence-electron chi connectivity index (χ1n) is 7.09. The third kappa shape index (κ3) is 3.00. The number of nitrogen functional groups attached to an aromatic ring is 2. The van der Waals surface area contributed by atoms with Gasteiger partial charge in [-0.15, -0.1) is 0 Å². The zero-order valence-corrected chi connectivity index (χ0v) is 11.6. The molecule has 1 aliphatic rings. The largest absolute Gasteiger partial charge is 0.399 e. The predicted octanol–water partition coefficient (Wildman–Crippen LogP) is 2.65. The Labute approximate surface area is 114 Å². The van der Waals surface area contributed by atoms with E-state index in [1.807, 2.05) is 4.90 Å². The molecule has 1 aliphatic heterocycles. The lowest BCUT2D eigenvalue weighted by Crippen LogP contribution is -2.43. The predicted molar refractivity (Wildman–Crippen MR) is 78.9 cm³/mol. The van der Waals surface area contributed by atoms with Crippen molar-refractivity contribution < 1.29 is 4.79 Å². The van der Waals surface area contributed by atoms with Crippen molar-refractivity contribution in [3.8, 4) is 0 Å². The first-order chi connectivity index (χ1) is 9.13. The number of carbonyl (C=O) groups is 1. The highest BCUT2D eigenvalue weighted by molar-refractivity contribution is 5.99. The van der Waals surface area contributed by atoms with Crippen molar-refractivity contribution in [1.29, 1.82) is 0 Å². The number of hydrogen-bond donors (Lipinski definition) is 2. The van der Waals surface area contributed by atoms with E-state index in [1.165, 1.54) is 6.42 Å². The lowest BCUT2D eigenvalue weighted by molar-refractivity contribution is 0.0602. The fourth-order valence-corrected chi connectivity index (χ4v) is 2.83.